The number of hydrogen-bond donors (Lipinski definition) is 1. The number of anilines is 1. The van der Waals surface area contributed by atoms with Crippen molar-refractivity contribution in [2.45, 2.75) is 6.92 Å². The van der Waals surface area contributed by atoms with Gasteiger partial charge in [0.1, 0.15) is 0 Å². The maximum Gasteiger partial charge on any atom is 0.0485 e. The normalized spacial score (nSPS) is 9.75. The SMILES string of the molecule is [CH2]c1scc(C)c1N. The zero-order valence-electron chi connectivity index (χ0n) is 4.77. The summed E-state index contributed by atoms with van der Waals surface area (Å²) >= 11 is 1.59. The van der Waals surface area contributed by atoms with Crippen molar-refractivity contribution in [2.75, 3.05) is 5.73 Å². The third-order valence-corrected chi connectivity index (χ3v) is 2.08. The molecular weight excluding hydrogens is 118 g/mol. The first kappa shape index (κ1) is 5.63. The van der Waals surface area contributed by atoms with Gasteiger partial charge in [0, 0.05) is 10.6 Å². The molecule has 0 amide bonds. The fourth-order valence-corrected chi connectivity index (χ4v) is 1.24. The van der Waals surface area contributed by atoms with Crippen molar-refractivity contribution in [3.8, 4) is 0 Å². The van der Waals surface area contributed by atoms with Gasteiger partial charge in [-0.2, -0.15) is 0 Å². The van der Waals surface area contributed by atoms with Crippen molar-refractivity contribution in [1.29, 1.82) is 0 Å². The van der Waals surface area contributed by atoms with E-state index in [0.29, 0.717) is 0 Å². The minimum atomic E-state index is 0.843. The number of hydrogen-bond acceptors (Lipinski definition) is 2. The molecular formula is C6H8NS. The van der Waals surface area contributed by atoms with Crippen molar-refractivity contribution in [3.63, 3.8) is 0 Å². The molecule has 0 aliphatic rings. The zero-order valence-corrected chi connectivity index (χ0v) is 5.59. The number of nitrogens with two attached hydrogens (primary N) is 1. The van der Waals surface area contributed by atoms with Gasteiger partial charge in [0.25, 0.3) is 0 Å². The van der Waals surface area contributed by atoms with E-state index in [2.05, 4.69) is 6.92 Å². The van der Waals surface area contributed by atoms with Crippen molar-refractivity contribution >= 4 is 17.0 Å². The predicted octanol–water partition coefficient (Wildman–Crippen LogP) is 1.82. The van der Waals surface area contributed by atoms with Crippen LogP contribution in [-0.4, -0.2) is 0 Å². The minimum Gasteiger partial charge on any atom is -0.398 e. The van der Waals surface area contributed by atoms with Crippen molar-refractivity contribution in [1.82, 2.24) is 0 Å². The summed E-state index contributed by atoms with van der Waals surface area (Å²) in [7, 11) is 0. The lowest BCUT2D eigenvalue weighted by atomic mass is 10.3. The molecule has 2 heteroatoms. The Balaban J connectivity index is 3.19. The van der Waals surface area contributed by atoms with Crippen LogP contribution in [0.2, 0.25) is 0 Å². The Labute approximate surface area is 53.1 Å². The largest absolute Gasteiger partial charge is 0.398 e. The molecule has 0 bridgehead atoms. The van der Waals surface area contributed by atoms with Gasteiger partial charge in [-0.3, -0.25) is 0 Å². The topological polar surface area (TPSA) is 26.0 Å². The van der Waals surface area contributed by atoms with Crippen LogP contribution in [0.3, 0.4) is 0 Å². The van der Waals surface area contributed by atoms with Crippen LogP contribution in [0.4, 0.5) is 5.69 Å². The van der Waals surface area contributed by atoms with Crippen LogP contribution in [0.5, 0.6) is 0 Å². The Kier molecular flexibility index (Phi) is 1.26. The highest BCUT2D eigenvalue weighted by Crippen LogP contribution is 2.22. The molecule has 1 radical (unpaired) electrons. The van der Waals surface area contributed by atoms with Gasteiger partial charge in [-0.05, 0) is 24.8 Å². The average molecular weight is 126 g/mol. The first-order chi connectivity index (χ1) is 3.72. The van der Waals surface area contributed by atoms with E-state index < -0.39 is 0 Å². The van der Waals surface area contributed by atoms with Gasteiger partial charge < -0.3 is 5.73 Å². The summed E-state index contributed by atoms with van der Waals surface area (Å²) in [5, 5.41) is 2.01. The van der Waals surface area contributed by atoms with Crippen molar-refractivity contribution in [3.05, 3.63) is 22.7 Å². The second-order valence-electron chi connectivity index (χ2n) is 1.76. The molecule has 0 spiro atoms. The molecule has 43 valence electrons. The van der Waals surface area contributed by atoms with E-state index in [9.17, 15) is 0 Å². The minimum absolute atomic E-state index is 0.843. The van der Waals surface area contributed by atoms with E-state index in [1.807, 2.05) is 12.3 Å². The molecule has 0 aromatic carbocycles. The summed E-state index contributed by atoms with van der Waals surface area (Å²) < 4.78 is 0. The van der Waals surface area contributed by atoms with Gasteiger partial charge in [-0.25, -0.2) is 0 Å². The van der Waals surface area contributed by atoms with E-state index >= 15 is 0 Å². The Morgan fingerprint density at radius 1 is 1.75 bits per heavy atom. The predicted molar refractivity (Wildman–Crippen MR) is 37.9 cm³/mol. The molecule has 0 fully saturated rings. The maximum atomic E-state index is 5.55. The molecule has 0 aliphatic heterocycles. The average Bonchev–Trinajstić information content (AvgIpc) is 1.98. The van der Waals surface area contributed by atoms with Gasteiger partial charge in [0.05, 0.1) is 0 Å². The molecule has 0 aliphatic carbocycles. The maximum absolute atomic E-state index is 5.55. The van der Waals surface area contributed by atoms with Gasteiger partial charge >= 0.3 is 0 Å². The first-order valence-electron chi connectivity index (χ1n) is 2.37. The lowest BCUT2D eigenvalue weighted by Gasteiger charge is -1.87. The summed E-state index contributed by atoms with van der Waals surface area (Å²) in [6.45, 7) is 5.72. The first-order valence-corrected chi connectivity index (χ1v) is 3.25. The molecule has 1 aromatic rings. The number of rotatable bonds is 0. The molecule has 1 rings (SSSR count). The third-order valence-electron chi connectivity index (χ3n) is 1.10. The van der Waals surface area contributed by atoms with E-state index in [1.165, 1.54) is 0 Å². The van der Waals surface area contributed by atoms with Crippen LogP contribution in [0.25, 0.3) is 0 Å². The summed E-state index contributed by atoms with van der Waals surface area (Å²) in [6.07, 6.45) is 0. The Hall–Kier alpha value is -0.500. The summed E-state index contributed by atoms with van der Waals surface area (Å²) in [5.74, 6) is 0. The molecule has 0 saturated carbocycles. The molecule has 0 saturated heterocycles. The van der Waals surface area contributed by atoms with Gasteiger partial charge in [-0.1, -0.05) is 0 Å². The zero-order chi connectivity index (χ0) is 6.15. The van der Waals surface area contributed by atoms with Crippen LogP contribution in [0, 0.1) is 13.8 Å². The Morgan fingerprint density at radius 3 is 2.50 bits per heavy atom. The smallest absolute Gasteiger partial charge is 0.0485 e. The number of thiophene rings is 1. The lowest BCUT2D eigenvalue weighted by Crippen LogP contribution is -1.84. The second kappa shape index (κ2) is 1.78. The molecule has 0 unspecified atom stereocenters. The van der Waals surface area contributed by atoms with Gasteiger partial charge in [-0.15, -0.1) is 11.3 Å². The summed E-state index contributed by atoms with van der Waals surface area (Å²) in [6, 6.07) is 0. The Morgan fingerprint density at radius 2 is 2.38 bits per heavy atom. The van der Waals surface area contributed by atoms with Crippen LogP contribution in [-0.2, 0) is 0 Å². The standard InChI is InChI=1S/C6H8NS/c1-4-3-8-5(2)6(4)7/h3H,2,7H2,1H3. The molecule has 0 atom stereocenters. The van der Waals surface area contributed by atoms with Crippen LogP contribution < -0.4 is 5.73 Å². The Bertz CT molecular complexity index is 171. The van der Waals surface area contributed by atoms with Crippen LogP contribution >= 0.6 is 11.3 Å². The van der Waals surface area contributed by atoms with Crippen molar-refractivity contribution < 1.29 is 0 Å². The van der Waals surface area contributed by atoms with E-state index in [0.717, 1.165) is 16.1 Å². The van der Waals surface area contributed by atoms with E-state index in [-0.39, 0.29) is 0 Å². The number of aryl methyl sites for hydroxylation is 1. The lowest BCUT2D eigenvalue weighted by molar-refractivity contribution is 1.54. The highest BCUT2D eigenvalue weighted by molar-refractivity contribution is 7.10. The highest BCUT2D eigenvalue weighted by atomic mass is 32.1. The molecule has 1 heterocycles. The molecule has 1 nitrogen and oxygen atoms in total. The fraction of sp³-hybridized carbons (Fsp3) is 0.167. The van der Waals surface area contributed by atoms with E-state index in [4.69, 9.17) is 5.73 Å². The number of nitrogen functional groups attached to an aromatic ring is 1. The summed E-state index contributed by atoms with van der Waals surface area (Å²) in [4.78, 5) is 0.975. The van der Waals surface area contributed by atoms with Crippen LogP contribution in [0.15, 0.2) is 5.38 Å². The third kappa shape index (κ3) is 0.713. The van der Waals surface area contributed by atoms with Gasteiger partial charge in [0.2, 0.25) is 0 Å². The van der Waals surface area contributed by atoms with Crippen LogP contribution in [0.1, 0.15) is 10.4 Å². The molecule has 2 N–H and O–H groups in total. The highest BCUT2D eigenvalue weighted by Gasteiger charge is 1.96. The van der Waals surface area contributed by atoms with Gasteiger partial charge in [0.15, 0.2) is 0 Å². The molecule has 8 heavy (non-hydrogen) atoms. The van der Waals surface area contributed by atoms with E-state index in [1.54, 1.807) is 11.3 Å². The monoisotopic (exact) mass is 126 g/mol. The second-order valence-corrected chi connectivity index (χ2v) is 2.72. The van der Waals surface area contributed by atoms with Crippen molar-refractivity contribution in [2.24, 2.45) is 0 Å². The summed E-state index contributed by atoms with van der Waals surface area (Å²) in [5.41, 5.74) is 7.53. The quantitative estimate of drug-likeness (QED) is 0.563. The fourth-order valence-electron chi connectivity index (χ4n) is 0.506. The molecule has 1 aromatic heterocycles.